The third-order valence-corrected chi connectivity index (χ3v) is 4.05. The lowest BCUT2D eigenvalue weighted by Gasteiger charge is -2.08. The van der Waals surface area contributed by atoms with Crippen molar-refractivity contribution in [2.24, 2.45) is 0 Å². The van der Waals surface area contributed by atoms with Crippen molar-refractivity contribution in [2.45, 2.75) is 0 Å². The number of hydrogen-bond donors (Lipinski definition) is 2. The lowest BCUT2D eigenvalue weighted by atomic mass is 10.1. The van der Waals surface area contributed by atoms with Gasteiger partial charge in [-0.2, -0.15) is 0 Å². The summed E-state index contributed by atoms with van der Waals surface area (Å²) < 4.78 is 14.8. The Labute approximate surface area is 155 Å². The molecular formula is C17H11ClN4O5. The van der Waals surface area contributed by atoms with E-state index in [1.165, 1.54) is 13.2 Å². The Bertz CT molecular complexity index is 1210. The number of anilines is 1. The molecule has 0 atom stereocenters. The molecule has 0 bridgehead atoms. The summed E-state index contributed by atoms with van der Waals surface area (Å²) in [6.07, 6.45) is 0. The number of benzene rings is 2. The fraction of sp³-hybridized carbons (Fsp3) is 0.0588. The molecule has 27 heavy (non-hydrogen) atoms. The molecule has 2 heterocycles. The van der Waals surface area contributed by atoms with E-state index in [1.54, 1.807) is 30.3 Å². The summed E-state index contributed by atoms with van der Waals surface area (Å²) in [5.74, 6) is -0.514. The van der Waals surface area contributed by atoms with Crippen LogP contribution in [0.25, 0.3) is 22.4 Å². The van der Waals surface area contributed by atoms with Crippen LogP contribution in [0, 0.1) is 0 Å². The van der Waals surface area contributed by atoms with Crippen LogP contribution in [0.15, 0.2) is 50.2 Å². The maximum atomic E-state index is 12.7. The molecule has 4 rings (SSSR count). The van der Waals surface area contributed by atoms with E-state index in [0.29, 0.717) is 33.0 Å². The smallest absolute Gasteiger partial charge is 0.439 e. The highest BCUT2D eigenvalue weighted by atomic mass is 35.5. The van der Waals surface area contributed by atoms with Gasteiger partial charge in [-0.15, -0.1) is 0 Å². The van der Waals surface area contributed by atoms with Gasteiger partial charge in [0.2, 0.25) is 0 Å². The number of aromatic amines is 1. The number of nitrogens with zero attached hydrogens (tertiary/aromatic N) is 2. The van der Waals surface area contributed by atoms with Crippen molar-refractivity contribution in [3.63, 3.8) is 0 Å². The number of ether oxygens (including phenoxy) is 1. The highest BCUT2D eigenvalue weighted by molar-refractivity contribution is 6.31. The minimum absolute atomic E-state index is 0.0993. The molecule has 2 aromatic carbocycles. The van der Waals surface area contributed by atoms with Gasteiger partial charge in [0, 0.05) is 16.7 Å². The van der Waals surface area contributed by atoms with Crippen LogP contribution in [0.1, 0.15) is 10.5 Å². The average Bonchev–Trinajstić information content (AvgIpc) is 3.28. The number of aromatic nitrogens is 3. The van der Waals surface area contributed by atoms with Crippen molar-refractivity contribution in [1.29, 1.82) is 0 Å². The van der Waals surface area contributed by atoms with E-state index in [0.717, 1.165) is 0 Å². The summed E-state index contributed by atoms with van der Waals surface area (Å²) in [5.41, 5.74) is 1.26. The van der Waals surface area contributed by atoms with Gasteiger partial charge in [0.05, 0.1) is 18.2 Å². The van der Waals surface area contributed by atoms with Gasteiger partial charge in [-0.1, -0.05) is 21.9 Å². The molecule has 0 unspecified atom stereocenters. The topological polar surface area (TPSA) is 123 Å². The molecule has 0 radical (unpaired) electrons. The van der Waals surface area contributed by atoms with Crippen molar-refractivity contribution in [1.82, 2.24) is 15.3 Å². The first-order chi connectivity index (χ1) is 13.0. The molecule has 1 amide bonds. The number of methoxy groups -OCH3 is 1. The van der Waals surface area contributed by atoms with E-state index >= 15 is 0 Å². The number of rotatable bonds is 4. The highest BCUT2D eigenvalue weighted by Gasteiger charge is 2.19. The number of amides is 1. The first-order valence-electron chi connectivity index (χ1n) is 7.66. The Morgan fingerprint density at radius 3 is 2.78 bits per heavy atom. The minimum Gasteiger partial charge on any atom is -0.497 e. The second-order valence-corrected chi connectivity index (χ2v) is 5.92. The summed E-state index contributed by atoms with van der Waals surface area (Å²) in [5, 5.41) is 11.1. The van der Waals surface area contributed by atoms with Crippen molar-refractivity contribution >= 4 is 34.2 Å². The Kier molecular flexibility index (Phi) is 4.13. The lowest BCUT2D eigenvalue weighted by molar-refractivity contribution is 0.102. The highest BCUT2D eigenvalue weighted by Crippen LogP contribution is 2.29. The van der Waals surface area contributed by atoms with Crippen LogP contribution in [0.5, 0.6) is 5.75 Å². The maximum absolute atomic E-state index is 12.7. The molecule has 2 aromatic heterocycles. The Hall–Kier alpha value is -3.59. The van der Waals surface area contributed by atoms with Gasteiger partial charge >= 0.3 is 5.76 Å². The van der Waals surface area contributed by atoms with Crippen molar-refractivity contribution in [3.05, 3.63) is 57.7 Å². The van der Waals surface area contributed by atoms with Crippen molar-refractivity contribution in [3.8, 4) is 17.1 Å². The molecule has 0 spiro atoms. The SMILES string of the molecule is COc1ccc2c(C(=O)Nc3ccc(Cl)cc3-c3noc(=O)[nH]3)noc2c1. The standard InChI is InChI=1S/C17H11ClN4O5/c1-25-9-3-4-10-13(7-9)26-21-14(10)16(23)19-12-5-2-8(18)6-11(12)15-20-17(24)27-22-15/h2-7H,1H3,(H,19,23)(H,20,22,24). The number of fused-ring (bicyclic) bond motifs is 1. The number of nitrogens with one attached hydrogen (secondary N) is 2. The van der Waals surface area contributed by atoms with E-state index in [9.17, 15) is 9.59 Å². The quantitative estimate of drug-likeness (QED) is 0.552. The predicted octanol–water partition coefficient (Wildman–Crippen LogP) is 3.09. The van der Waals surface area contributed by atoms with Crippen LogP contribution in [0.3, 0.4) is 0 Å². The summed E-state index contributed by atoms with van der Waals surface area (Å²) in [4.78, 5) is 26.4. The zero-order chi connectivity index (χ0) is 19.0. The number of hydrogen-bond acceptors (Lipinski definition) is 7. The Balaban J connectivity index is 1.71. The molecular weight excluding hydrogens is 376 g/mol. The van der Waals surface area contributed by atoms with Crippen LogP contribution in [0.2, 0.25) is 5.02 Å². The molecule has 0 aliphatic heterocycles. The van der Waals surface area contributed by atoms with Crippen LogP contribution >= 0.6 is 11.6 Å². The van der Waals surface area contributed by atoms with Crippen molar-refractivity contribution < 1.29 is 18.6 Å². The lowest BCUT2D eigenvalue weighted by Crippen LogP contribution is -2.13. The van der Waals surface area contributed by atoms with Gasteiger partial charge in [0.25, 0.3) is 5.91 Å². The normalized spacial score (nSPS) is 10.9. The Morgan fingerprint density at radius 1 is 1.19 bits per heavy atom. The zero-order valence-electron chi connectivity index (χ0n) is 13.8. The molecule has 10 heteroatoms. The van der Waals surface area contributed by atoms with E-state index in [2.05, 4.69) is 25.1 Å². The number of carbonyl (C=O) groups is 1. The fourth-order valence-corrected chi connectivity index (χ4v) is 2.73. The first kappa shape index (κ1) is 16.9. The van der Waals surface area contributed by atoms with Crippen molar-refractivity contribution in [2.75, 3.05) is 12.4 Å². The zero-order valence-corrected chi connectivity index (χ0v) is 14.5. The number of halogens is 1. The fourth-order valence-electron chi connectivity index (χ4n) is 2.56. The summed E-state index contributed by atoms with van der Waals surface area (Å²) in [6.45, 7) is 0. The van der Waals surface area contributed by atoms with Gasteiger partial charge in [-0.05, 0) is 30.3 Å². The Morgan fingerprint density at radius 2 is 2.04 bits per heavy atom. The van der Waals surface area contributed by atoms with Gasteiger partial charge in [-0.25, -0.2) is 4.79 Å². The summed E-state index contributed by atoms with van der Waals surface area (Å²) >= 11 is 6.01. The molecule has 2 N–H and O–H groups in total. The molecule has 0 saturated carbocycles. The molecule has 136 valence electrons. The van der Waals surface area contributed by atoms with E-state index in [-0.39, 0.29) is 11.5 Å². The van der Waals surface area contributed by atoms with Gasteiger partial charge in [0.1, 0.15) is 5.75 Å². The molecule has 0 fully saturated rings. The largest absolute Gasteiger partial charge is 0.497 e. The third kappa shape index (κ3) is 3.15. The van der Waals surface area contributed by atoms with Gasteiger partial charge in [0.15, 0.2) is 17.1 Å². The van der Waals surface area contributed by atoms with E-state index in [4.69, 9.17) is 20.9 Å². The molecule has 0 aliphatic carbocycles. The number of H-pyrrole nitrogens is 1. The molecule has 4 aromatic rings. The van der Waals surface area contributed by atoms with Crippen LogP contribution < -0.4 is 15.8 Å². The van der Waals surface area contributed by atoms with Crippen LogP contribution in [0.4, 0.5) is 5.69 Å². The van der Waals surface area contributed by atoms with E-state index in [1.807, 2.05) is 0 Å². The second kappa shape index (κ2) is 6.61. The van der Waals surface area contributed by atoms with E-state index < -0.39 is 11.7 Å². The predicted molar refractivity (Wildman–Crippen MR) is 96.1 cm³/mol. The van der Waals surface area contributed by atoms with Crippen LogP contribution in [-0.2, 0) is 0 Å². The monoisotopic (exact) mass is 386 g/mol. The second-order valence-electron chi connectivity index (χ2n) is 5.48. The van der Waals surface area contributed by atoms with Gasteiger partial charge < -0.3 is 14.6 Å². The van der Waals surface area contributed by atoms with Gasteiger partial charge in [-0.3, -0.25) is 14.3 Å². The maximum Gasteiger partial charge on any atom is 0.439 e. The number of carbonyl (C=O) groups excluding carboxylic acids is 1. The summed E-state index contributed by atoms with van der Waals surface area (Å²) in [6, 6.07) is 9.71. The average molecular weight is 387 g/mol. The van der Waals surface area contributed by atoms with Crippen LogP contribution in [-0.4, -0.2) is 28.3 Å². The molecule has 0 saturated heterocycles. The summed E-state index contributed by atoms with van der Waals surface area (Å²) in [7, 11) is 1.53. The molecule has 9 nitrogen and oxygen atoms in total. The first-order valence-corrected chi connectivity index (χ1v) is 8.03. The molecule has 0 aliphatic rings. The minimum atomic E-state index is -0.723. The third-order valence-electron chi connectivity index (χ3n) is 3.82.